The quantitative estimate of drug-likeness (QED) is 0.711. The predicted molar refractivity (Wildman–Crippen MR) is 114 cm³/mol. The Kier molecular flexibility index (Phi) is 7.75. The molecule has 2 aromatic carbocycles. The standard InChI is InChI=1S/C23H29ClN2O2/c1-28-22-8-2-6-19(15-22)16-26-14-4-7-21(17-26)25-23(27)9-3-5-18-10-12-20(24)13-11-18/h2,6,8,10-13,15,21H,3-5,7,9,14,16-17H2,1H3,(H,25,27)/t21-/m1/s1. The van der Waals surface area contributed by atoms with Crippen molar-refractivity contribution in [2.75, 3.05) is 20.2 Å². The molecule has 1 amide bonds. The van der Waals surface area contributed by atoms with Crippen LogP contribution in [0, 0.1) is 0 Å². The van der Waals surface area contributed by atoms with Gasteiger partial charge in [-0.1, -0.05) is 35.9 Å². The third-order valence-electron chi connectivity index (χ3n) is 5.19. The van der Waals surface area contributed by atoms with Gasteiger partial charge in [0.15, 0.2) is 0 Å². The first kappa shape index (κ1) is 20.7. The molecule has 150 valence electrons. The van der Waals surface area contributed by atoms with E-state index in [9.17, 15) is 4.79 Å². The van der Waals surface area contributed by atoms with Crippen LogP contribution in [-0.2, 0) is 17.8 Å². The van der Waals surface area contributed by atoms with Gasteiger partial charge in [-0.2, -0.15) is 0 Å². The van der Waals surface area contributed by atoms with Crippen LogP contribution in [0.5, 0.6) is 5.75 Å². The first-order valence-corrected chi connectivity index (χ1v) is 10.4. The van der Waals surface area contributed by atoms with Crippen molar-refractivity contribution >= 4 is 17.5 Å². The monoisotopic (exact) mass is 400 g/mol. The normalized spacial score (nSPS) is 17.3. The molecule has 0 bridgehead atoms. The first-order valence-electron chi connectivity index (χ1n) is 10.0. The molecular weight excluding hydrogens is 372 g/mol. The third kappa shape index (κ3) is 6.54. The maximum absolute atomic E-state index is 12.3. The molecular formula is C23H29ClN2O2. The Hall–Kier alpha value is -2.04. The van der Waals surface area contributed by atoms with Gasteiger partial charge in [0.2, 0.25) is 5.91 Å². The summed E-state index contributed by atoms with van der Waals surface area (Å²) in [5, 5.41) is 3.97. The number of rotatable bonds is 8. The fraction of sp³-hybridized carbons (Fsp3) is 0.435. The zero-order valence-corrected chi connectivity index (χ0v) is 17.3. The summed E-state index contributed by atoms with van der Waals surface area (Å²) in [6, 6.07) is 16.3. The Balaban J connectivity index is 1.41. The van der Waals surface area contributed by atoms with Crippen LogP contribution in [0.15, 0.2) is 48.5 Å². The number of aryl methyl sites for hydroxylation is 1. The highest BCUT2D eigenvalue weighted by molar-refractivity contribution is 6.30. The molecule has 1 fully saturated rings. The van der Waals surface area contributed by atoms with Crippen molar-refractivity contribution in [1.82, 2.24) is 10.2 Å². The van der Waals surface area contributed by atoms with E-state index in [-0.39, 0.29) is 11.9 Å². The highest BCUT2D eigenvalue weighted by atomic mass is 35.5. The summed E-state index contributed by atoms with van der Waals surface area (Å²) >= 11 is 5.91. The van der Waals surface area contributed by atoms with Gasteiger partial charge in [-0.3, -0.25) is 9.69 Å². The van der Waals surface area contributed by atoms with Crippen molar-refractivity contribution in [2.24, 2.45) is 0 Å². The molecule has 2 aromatic rings. The van der Waals surface area contributed by atoms with Gasteiger partial charge in [0.1, 0.15) is 5.75 Å². The number of hydrogen-bond donors (Lipinski definition) is 1. The SMILES string of the molecule is COc1cccc(CN2CCC[C@@H](NC(=O)CCCc3ccc(Cl)cc3)C2)c1. The molecule has 1 heterocycles. The van der Waals surface area contributed by atoms with Gasteiger partial charge in [-0.25, -0.2) is 0 Å². The van der Waals surface area contributed by atoms with Crippen LogP contribution in [0.3, 0.4) is 0 Å². The summed E-state index contributed by atoms with van der Waals surface area (Å²) in [6.45, 7) is 2.86. The van der Waals surface area contributed by atoms with E-state index < -0.39 is 0 Å². The molecule has 3 rings (SSSR count). The van der Waals surface area contributed by atoms with Gasteiger partial charge in [0.25, 0.3) is 0 Å². The van der Waals surface area contributed by atoms with Gasteiger partial charge in [0.05, 0.1) is 7.11 Å². The summed E-state index contributed by atoms with van der Waals surface area (Å²) < 4.78 is 5.31. The summed E-state index contributed by atoms with van der Waals surface area (Å²) in [5.74, 6) is 1.04. The van der Waals surface area contributed by atoms with Crippen molar-refractivity contribution in [3.05, 3.63) is 64.7 Å². The lowest BCUT2D eigenvalue weighted by Crippen LogP contribution is -2.47. The minimum Gasteiger partial charge on any atom is -0.497 e. The van der Waals surface area contributed by atoms with Crippen LogP contribution in [0.4, 0.5) is 0 Å². The zero-order chi connectivity index (χ0) is 19.8. The molecule has 0 saturated carbocycles. The fourth-order valence-corrected chi connectivity index (χ4v) is 3.88. The predicted octanol–water partition coefficient (Wildman–Crippen LogP) is 4.45. The van der Waals surface area contributed by atoms with Crippen molar-refractivity contribution in [1.29, 1.82) is 0 Å². The molecule has 5 heteroatoms. The molecule has 0 aromatic heterocycles. The summed E-state index contributed by atoms with van der Waals surface area (Å²) in [7, 11) is 1.69. The van der Waals surface area contributed by atoms with E-state index in [1.165, 1.54) is 11.1 Å². The second-order valence-corrected chi connectivity index (χ2v) is 7.91. The lowest BCUT2D eigenvalue weighted by Gasteiger charge is -2.33. The largest absolute Gasteiger partial charge is 0.497 e. The number of carbonyl (C=O) groups excluding carboxylic acids is 1. The molecule has 0 radical (unpaired) electrons. The number of amides is 1. The summed E-state index contributed by atoms with van der Waals surface area (Å²) in [4.78, 5) is 14.8. The molecule has 1 aliphatic rings. The molecule has 28 heavy (non-hydrogen) atoms. The zero-order valence-electron chi connectivity index (χ0n) is 16.5. The first-order chi connectivity index (χ1) is 13.6. The number of halogens is 1. The van der Waals surface area contributed by atoms with E-state index in [1.807, 2.05) is 36.4 Å². The second-order valence-electron chi connectivity index (χ2n) is 7.47. The highest BCUT2D eigenvalue weighted by Gasteiger charge is 2.21. The number of carbonyl (C=O) groups is 1. The van der Waals surface area contributed by atoms with Gasteiger partial charge < -0.3 is 10.1 Å². The van der Waals surface area contributed by atoms with Crippen LogP contribution in [0.1, 0.15) is 36.8 Å². The molecule has 1 N–H and O–H groups in total. The van der Waals surface area contributed by atoms with Crippen molar-refractivity contribution in [3.63, 3.8) is 0 Å². The molecule has 4 nitrogen and oxygen atoms in total. The number of ether oxygens (including phenoxy) is 1. The van der Waals surface area contributed by atoms with Gasteiger partial charge in [-0.05, 0) is 67.6 Å². The van der Waals surface area contributed by atoms with E-state index in [0.717, 1.165) is 56.1 Å². The molecule has 1 atom stereocenters. The average molecular weight is 401 g/mol. The van der Waals surface area contributed by atoms with Gasteiger partial charge >= 0.3 is 0 Å². The van der Waals surface area contributed by atoms with E-state index in [1.54, 1.807) is 7.11 Å². The topological polar surface area (TPSA) is 41.6 Å². The molecule has 0 aliphatic carbocycles. The summed E-state index contributed by atoms with van der Waals surface area (Å²) in [6.07, 6.45) is 4.48. The van der Waals surface area contributed by atoms with Crippen molar-refractivity contribution in [3.8, 4) is 5.75 Å². The molecule has 1 aliphatic heterocycles. The Morgan fingerprint density at radius 3 is 2.82 bits per heavy atom. The van der Waals surface area contributed by atoms with Gasteiger partial charge in [0, 0.05) is 30.6 Å². The summed E-state index contributed by atoms with van der Waals surface area (Å²) in [5.41, 5.74) is 2.47. The lowest BCUT2D eigenvalue weighted by molar-refractivity contribution is -0.122. The second kappa shape index (κ2) is 10.5. The van der Waals surface area contributed by atoms with E-state index in [4.69, 9.17) is 16.3 Å². The van der Waals surface area contributed by atoms with Crippen LogP contribution in [-0.4, -0.2) is 37.0 Å². The van der Waals surface area contributed by atoms with Crippen molar-refractivity contribution in [2.45, 2.75) is 44.7 Å². The van der Waals surface area contributed by atoms with Crippen LogP contribution < -0.4 is 10.1 Å². The van der Waals surface area contributed by atoms with E-state index in [2.05, 4.69) is 22.3 Å². The van der Waals surface area contributed by atoms with E-state index >= 15 is 0 Å². The van der Waals surface area contributed by atoms with Crippen LogP contribution in [0.25, 0.3) is 0 Å². The Bertz CT molecular complexity index is 763. The Morgan fingerprint density at radius 1 is 1.21 bits per heavy atom. The number of piperidine rings is 1. The van der Waals surface area contributed by atoms with Crippen LogP contribution in [0.2, 0.25) is 5.02 Å². The van der Waals surface area contributed by atoms with Crippen LogP contribution >= 0.6 is 11.6 Å². The minimum atomic E-state index is 0.155. The Morgan fingerprint density at radius 2 is 2.04 bits per heavy atom. The lowest BCUT2D eigenvalue weighted by atomic mass is 10.0. The maximum Gasteiger partial charge on any atom is 0.220 e. The fourth-order valence-electron chi connectivity index (χ4n) is 3.75. The van der Waals surface area contributed by atoms with Crippen molar-refractivity contribution < 1.29 is 9.53 Å². The van der Waals surface area contributed by atoms with Gasteiger partial charge in [-0.15, -0.1) is 0 Å². The number of hydrogen-bond acceptors (Lipinski definition) is 3. The molecule has 1 saturated heterocycles. The smallest absolute Gasteiger partial charge is 0.220 e. The number of nitrogens with zero attached hydrogens (tertiary/aromatic N) is 1. The highest BCUT2D eigenvalue weighted by Crippen LogP contribution is 2.18. The molecule has 0 spiro atoms. The van der Waals surface area contributed by atoms with E-state index in [0.29, 0.717) is 6.42 Å². The number of benzene rings is 2. The minimum absolute atomic E-state index is 0.155. The number of likely N-dealkylation sites (tertiary alicyclic amines) is 1. The number of methoxy groups -OCH3 is 1. The maximum atomic E-state index is 12.3. The average Bonchev–Trinajstić information content (AvgIpc) is 2.70. The Labute approximate surface area is 172 Å². The molecule has 0 unspecified atom stereocenters. The number of nitrogens with one attached hydrogen (secondary N) is 1. The third-order valence-corrected chi connectivity index (χ3v) is 5.45.